The van der Waals surface area contributed by atoms with Crippen LogP contribution in [-0.2, 0) is 0 Å². The van der Waals surface area contributed by atoms with Crippen molar-refractivity contribution in [2.75, 3.05) is 26.2 Å². The number of rotatable bonds is 2. The number of halogens is 1. The molecule has 1 aromatic rings. The number of amides is 1. The summed E-state index contributed by atoms with van der Waals surface area (Å²) in [5.74, 6) is 0.102. The molecule has 0 aromatic carbocycles. The number of carbonyl (C=O) groups is 1. The third-order valence-corrected chi connectivity index (χ3v) is 4.11. The molecule has 0 unspecified atom stereocenters. The van der Waals surface area contributed by atoms with E-state index in [1.807, 2.05) is 17.0 Å². The number of pyridine rings is 1. The van der Waals surface area contributed by atoms with Crippen LogP contribution in [0.1, 0.15) is 23.2 Å². The van der Waals surface area contributed by atoms with E-state index in [1.54, 1.807) is 6.20 Å². The zero-order valence-corrected chi connectivity index (χ0v) is 11.8. The highest BCUT2D eigenvalue weighted by Crippen LogP contribution is 2.27. The predicted molar refractivity (Wildman–Crippen MR) is 72.4 cm³/mol. The lowest BCUT2D eigenvalue weighted by Crippen LogP contribution is -2.49. The van der Waals surface area contributed by atoms with Crippen LogP contribution in [0.3, 0.4) is 0 Å². The summed E-state index contributed by atoms with van der Waals surface area (Å²) in [5.41, 5.74) is 0.679. The number of hydrogen-bond acceptors (Lipinski definition) is 3. The molecule has 3 rings (SSSR count). The Morgan fingerprint density at radius 3 is 2.50 bits per heavy atom. The van der Waals surface area contributed by atoms with Crippen LogP contribution in [0.2, 0.25) is 0 Å². The van der Waals surface area contributed by atoms with E-state index in [0.29, 0.717) is 5.56 Å². The van der Waals surface area contributed by atoms with Crippen molar-refractivity contribution in [2.45, 2.75) is 18.9 Å². The van der Waals surface area contributed by atoms with Gasteiger partial charge in [-0.1, -0.05) is 0 Å². The first-order chi connectivity index (χ1) is 8.74. The minimum atomic E-state index is 0.102. The summed E-state index contributed by atoms with van der Waals surface area (Å²) in [6.45, 7) is 3.71. The molecule has 2 heterocycles. The van der Waals surface area contributed by atoms with E-state index in [9.17, 15) is 4.79 Å². The van der Waals surface area contributed by atoms with Gasteiger partial charge in [-0.3, -0.25) is 9.69 Å². The van der Waals surface area contributed by atoms with Crippen LogP contribution in [0.25, 0.3) is 0 Å². The van der Waals surface area contributed by atoms with Crippen LogP contribution in [0.4, 0.5) is 0 Å². The summed E-state index contributed by atoms with van der Waals surface area (Å²) >= 11 is 3.28. The van der Waals surface area contributed by atoms with Crippen LogP contribution >= 0.6 is 15.9 Å². The Balaban J connectivity index is 1.61. The number of nitrogens with zero attached hydrogens (tertiary/aromatic N) is 3. The van der Waals surface area contributed by atoms with E-state index in [1.165, 1.54) is 12.8 Å². The van der Waals surface area contributed by atoms with Crippen molar-refractivity contribution in [2.24, 2.45) is 0 Å². The van der Waals surface area contributed by atoms with Gasteiger partial charge in [0.05, 0.1) is 5.56 Å². The Morgan fingerprint density at radius 1 is 1.22 bits per heavy atom. The second-order valence-corrected chi connectivity index (χ2v) is 5.74. The van der Waals surface area contributed by atoms with Gasteiger partial charge >= 0.3 is 0 Å². The zero-order valence-electron chi connectivity index (χ0n) is 10.2. The normalized spacial score (nSPS) is 21.1. The molecule has 2 aliphatic rings. The van der Waals surface area contributed by atoms with Crippen molar-refractivity contribution in [3.8, 4) is 0 Å². The van der Waals surface area contributed by atoms with Gasteiger partial charge in [0.15, 0.2) is 0 Å². The maximum Gasteiger partial charge on any atom is 0.255 e. The molecule has 1 aromatic heterocycles. The predicted octanol–water partition coefficient (Wildman–Crippen LogP) is 1.76. The lowest BCUT2D eigenvalue weighted by molar-refractivity contribution is 0.0627. The third kappa shape index (κ3) is 2.57. The van der Waals surface area contributed by atoms with E-state index in [4.69, 9.17) is 0 Å². The van der Waals surface area contributed by atoms with Crippen molar-refractivity contribution in [1.82, 2.24) is 14.8 Å². The van der Waals surface area contributed by atoms with E-state index in [2.05, 4.69) is 25.8 Å². The molecule has 1 aliphatic carbocycles. The summed E-state index contributed by atoms with van der Waals surface area (Å²) < 4.78 is 0.762. The van der Waals surface area contributed by atoms with Gasteiger partial charge in [-0.25, -0.2) is 4.98 Å². The fourth-order valence-electron chi connectivity index (χ4n) is 2.41. The number of piperazine rings is 1. The molecule has 1 saturated carbocycles. The summed E-state index contributed by atoms with van der Waals surface area (Å²) in [4.78, 5) is 20.8. The van der Waals surface area contributed by atoms with Crippen LogP contribution in [0.5, 0.6) is 0 Å². The summed E-state index contributed by atoms with van der Waals surface area (Å²) in [7, 11) is 0. The van der Waals surface area contributed by atoms with Crippen molar-refractivity contribution >= 4 is 21.8 Å². The van der Waals surface area contributed by atoms with Gasteiger partial charge in [0.1, 0.15) is 4.60 Å². The molecule has 0 radical (unpaired) electrons. The quantitative estimate of drug-likeness (QED) is 0.781. The zero-order chi connectivity index (χ0) is 12.5. The molecule has 5 heteroatoms. The molecular formula is C13H16BrN3O. The molecule has 1 aliphatic heterocycles. The minimum Gasteiger partial charge on any atom is -0.336 e. The number of hydrogen-bond donors (Lipinski definition) is 0. The Morgan fingerprint density at radius 2 is 1.94 bits per heavy atom. The first-order valence-electron chi connectivity index (χ1n) is 6.39. The molecule has 0 spiro atoms. The molecular weight excluding hydrogens is 294 g/mol. The average Bonchev–Trinajstić information content (AvgIpc) is 3.23. The van der Waals surface area contributed by atoms with Crippen LogP contribution in [0.15, 0.2) is 22.9 Å². The van der Waals surface area contributed by atoms with E-state index in [0.717, 1.165) is 36.8 Å². The second-order valence-electron chi connectivity index (χ2n) is 4.93. The third-order valence-electron chi connectivity index (χ3n) is 3.64. The summed E-state index contributed by atoms with van der Waals surface area (Å²) in [5, 5.41) is 0. The van der Waals surface area contributed by atoms with E-state index < -0.39 is 0 Å². The number of carbonyl (C=O) groups excluding carboxylic acids is 1. The fraction of sp³-hybridized carbons (Fsp3) is 0.538. The van der Waals surface area contributed by atoms with E-state index in [-0.39, 0.29) is 5.91 Å². The summed E-state index contributed by atoms with van der Waals surface area (Å²) in [6, 6.07) is 4.44. The van der Waals surface area contributed by atoms with Crippen LogP contribution in [-0.4, -0.2) is 52.9 Å². The lowest BCUT2D eigenvalue weighted by Gasteiger charge is -2.34. The Hall–Kier alpha value is -0.940. The molecule has 1 amide bonds. The standard InChI is InChI=1S/C13H16BrN3O/c14-12-4-1-10(9-15-12)13(18)17-7-5-16(6-8-17)11-2-3-11/h1,4,9,11H,2-3,5-8H2. The topological polar surface area (TPSA) is 36.4 Å². The molecule has 96 valence electrons. The van der Waals surface area contributed by atoms with Crippen molar-refractivity contribution in [3.63, 3.8) is 0 Å². The van der Waals surface area contributed by atoms with E-state index >= 15 is 0 Å². The number of aromatic nitrogens is 1. The Kier molecular flexibility index (Phi) is 3.35. The first-order valence-corrected chi connectivity index (χ1v) is 7.18. The molecule has 4 nitrogen and oxygen atoms in total. The van der Waals surface area contributed by atoms with Gasteiger partial charge in [-0.05, 0) is 40.9 Å². The van der Waals surface area contributed by atoms with Gasteiger partial charge < -0.3 is 4.90 Å². The van der Waals surface area contributed by atoms with Crippen molar-refractivity contribution < 1.29 is 4.79 Å². The lowest BCUT2D eigenvalue weighted by atomic mass is 10.2. The van der Waals surface area contributed by atoms with Crippen molar-refractivity contribution in [1.29, 1.82) is 0 Å². The van der Waals surface area contributed by atoms with Gasteiger partial charge in [0.25, 0.3) is 5.91 Å². The van der Waals surface area contributed by atoms with Crippen molar-refractivity contribution in [3.05, 3.63) is 28.5 Å². The fourth-order valence-corrected chi connectivity index (χ4v) is 2.65. The largest absolute Gasteiger partial charge is 0.336 e. The molecule has 0 bridgehead atoms. The van der Waals surface area contributed by atoms with Gasteiger partial charge in [-0.15, -0.1) is 0 Å². The first kappa shape index (κ1) is 12.1. The SMILES string of the molecule is O=C(c1ccc(Br)nc1)N1CCN(C2CC2)CC1. The highest BCUT2D eigenvalue weighted by molar-refractivity contribution is 9.10. The second kappa shape index (κ2) is 4.97. The smallest absolute Gasteiger partial charge is 0.255 e. The average molecular weight is 310 g/mol. The highest BCUT2D eigenvalue weighted by atomic mass is 79.9. The van der Waals surface area contributed by atoms with Gasteiger partial charge in [0.2, 0.25) is 0 Å². The van der Waals surface area contributed by atoms with Gasteiger partial charge in [-0.2, -0.15) is 0 Å². The maximum atomic E-state index is 12.3. The highest BCUT2D eigenvalue weighted by Gasteiger charge is 2.32. The molecule has 0 atom stereocenters. The Labute approximate surface area is 115 Å². The molecule has 18 heavy (non-hydrogen) atoms. The summed E-state index contributed by atoms with van der Waals surface area (Å²) in [6.07, 6.45) is 4.31. The molecule has 0 N–H and O–H groups in total. The molecule has 1 saturated heterocycles. The monoisotopic (exact) mass is 309 g/mol. The minimum absolute atomic E-state index is 0.102. The van der Waals surface area contributed by atoms with Crippen LogP contribution in [0, 0.1) is 0 Å². The maximum absolute atomic E-state index is 12.3. The Bertz CT molecular complexity index is 436. The van der Waals surface area contributed by atoms with Gasteiger partial charge in [0, 0.05) is 38.4 Å². The molecule has 2 fully saturated rings. The van der Waals surface area contributed by atoms with Crippen LogP contribution < -0.4 is 0 Å².